The van der Waals surface area contributed by atoms with Crippen LogP contribution >= 0.6 is 0 Å². The van der Waals surface area contributed by atoms with Gasteiger partial charge in [-0.1, -0.05) is 6.92 Å². The van der Waals surface area contributed by atoms with E-state index >= 15 is 0 Å². The van der Waals surface area contributed by atoms with Gasteiger partial charge in [-0.25, -0.2) is 9.78 Å². The number of aromatic nitrogens is 3. The maximum atomic E-state index is 13.3. The number of methoxy groups -OCH3 is 3. The first-order chi connectivity index (χ1) is 16.4. The molecule has 0 atom stereocenters. The predicted molar refractivity (Wildman–Crippen MR) is 126 cm³/mol. The van der Waals surface area contributed by atoms with Gasteiger partial charge in [-0.05, 0) is 43.0 Å². The third-order valence-corrected chi connectivity index (χ3v) is 5.83. The number of hydrogen-bond acceptors (Lipinski definition) is 7. The van der Waals surface area contributed by atoms with E-state index in [0.29, 0.717) is 30.2 Å². The van der Waals surface area contributed by atoms with Crippen LogP contribution in [0.15, 0.2) is 27.8 Å². The quantitative estimate of drug-likeness (QED) is 0.494. The Morgan fingerprint density at radius 2 is 1.79 bits per heavy atom. The molecule has 1 aliphatic carbocycles. The van der Waals surface area contributed by atoms with Crippen LogP contribution in [0.3, 0.4) is 0 Å². The third-order valence-electron chi connectivity index (χ3n) is 5.83. The monoisotopic (exact) mass is 468 g/mol. The highest BCUT2D eigenvalue weighted by Gasteiger charge is 2.28. The van der Waals surface area contributed by atoms with Crippen LogP contribution in [-0.2, 0) is 13.1 Å². The van der Waals surface area contributed by atoms with Crippen LogP contribution in [0.1, 0.15) is 53.7 Å². The molecule has 10 heteroatoms. The number of aryl methyl sites for hydroxylation is 1. The summed E-state index contributed by atoms with van der Waals surface area (Å²) in [4.78, 5) is 45.4. The van der Waals surface area contributed by atoms with Crippen LogP contribution in [0.5, 0.6) is 17.2 Å². The number of H-pyrrole nitrogens is 1. The van der Waals surface area contributed by atoms with E-state index in [4.69, 9.17) is 14.2 Å². The molecule has 2 N–H and O–H groups in total. The Morgan fingerprint density at radius 3 is 2.35 bits per heavy atom. The first-order valence-corrected chi connectivity index (χ1v) is 11.2. The van der Waals surface area contributed by atoms with Crippen LogP contribution in [0, 0.1) is 0 Å². The number of nitrogens with one attached hydrogen (secondary N) is 2. The number of pyridine rings is 1. The molecule has 0 aliphatic heterocycles. The summed E-state index contributed by atoms with van der Waals surface area (Å²) in [5, 5.41) is 2.98. The Bertz CT molecular complexity index is 1330. The van der Waals surface area contributed by atoms with E-state index in [9.17, 15) is 14.4 Å². The molecule has 1 saturated carbocycles. The van der Waals surface area contributed by atoms with Gasteiger partial charge in [-0.3, -0.25) is 19.1 Å². The largest absolute Gasteiger partial charge is 0.493 e. The summed E-state index contributed by atoms with van der Waals surface area (Å²) in [5.74, 6) is 1.19. The minimum atomic E-state index is -0.625. The zero-order valence-corrected chi connectivity index (χ0v) is 19.7. The molecule has 0 bridgehead atoms. The Hall–Kier alpha value is -3.82. The van der Waals surface area contributed by atoms with Gasteiger partial charge in [0.15, 0.2) is 17.1 Å². The SMILES string of the molecule is CCCn1c(=O)[nH]c(=O)c2c(C(=O)NCc3cc(OC)c(OC)c(OC)c3)cc(C3CC3)nc21. The highest BCUT2D eigenvalue weighted by atomic mass is 16.5. The zero-order valence-electron chi connectivity index (χ0n) is 19.7. The zero-order chi connectivity index (χ0) is 24.4. The summed E-state index contributed by atoms with van der Waals surface area (Å²) in [5.41, 5.74) is 0.743. The van der Waals surface area contributed by atoms with E-state index < -0.39 is 17.2 Å². The van der Waals surface area contributed by atoms with Crippen molar-refractivity contribution >= 4 is 16.9 Å². The molecule has 2 heterocycles. The number of carbonyl (C=O) groups is 1. The molecule has 10 nitrogen and oxygen atoms in total. The van der Waals surface area contributed by atoms with Gasteiger partial charge in [0.25, 0.3) is 11.5 Å². The molecule has 4 rings (SSSR count). The lowest BCUT2D eigenvalue weighted by Crippen LogP contribution is -2.33. The summed E-state index contributed by atoms with van der Waals surface area (Å²) in [6.45, 7) is 2.48. The summed E-state index contributed by atoms with van der Waals surface area (Å²) in [6.07, 6.45) is 2.61. The number of aromatic amines is 1. The number of ether oxygens (including phenoxy) is 3. The maximum Gasteiger partial charge on any atom is 0.329 e. The van der Waals surface area contributed by atoms with Crippen molar-refractivity contribution in [3.8, 4) is 17.2 Å². The lowest BCUT2D eigenvalue weighted by Gasteiger charge is -2.15. The van der Waals surface area contributed by atoms with Crippen LogP contribution in [0.25, 0.3) is 11.0 Å². The molecular weight excluding hydrogens is 440 g/mol. The van der Waals surface area contributed by atoms with Gasteiger partial charge in [0.1, 0.15) is 0 Å². The molecule has 34 heavy (non-hydrogen) atoms. The molecule has 0 spiro atoms. The van der Waals surface area contributed by atoms with Crippen molar-refractivity contribution in [2.45, 2.75) is 45.2 Å². The molecule has 1 fully saturated rings. The fraction of sp³-hybridized carbons (Fsp3) is 0.417. The van der Waals surface area contributed by atoms with Gasteiger partial charge in [-0.15, -0.1) is 0 Å². The molecule has 1 aliphatic rings. The first kappa shape index (κ1) is 23.3. The number of fused-ring (bicyclic) bond motifs is 1. The average molecular weight is 469 g/mol. The summed E-state index contributed by atoms with van der Waals surface area (Å²) in [6, 6.07) is 5.15. The van der Waals surface area contributed by atoms with Crippen LogP contribution in [0.4, 0.5) is 0 Å². The Balaban J connectivity index is 1.74. The Kier molecular flexibility index (Phi) is 6.58. The normalized spacial score (nSPS) is 13.1. The van der Waals surface area contributed by atoms with Crippen molar-refractivity contribution in [2.24, 2.45) is 0 Å². The van der Waals surface area contributed by atoms with Crippen molar-refractivity contribution in [1.29, 1.82) is 0 Å². The van der Waals surface area contributed by atoms with E-state index in [0.717, 1.165) is 24.1 Å². The average Bonchev–Trinajstić information content (AvgIpc) is 3.69. The minimum Gasteiger partial charge on any atom is -0.493 e. The standard InChI is InChI=1S/C24H28N4O6/c1-5-8-28-21-19(23(30)27-24(28)31)15(11-16(26-21)14-6-7-14)22(29)25-12-13-9-17(32-2)20(34-4)18(10-13)33-3/h9-11,14H,5-8,12H2,1-4H3,(H,25,29)(H,27,30,31). The van der Waals surface area contributed by atoms with Gasteiger partial charge in [0, 0.05) is 24.7 Å². The third kappa shape index (κ3) is 4.35. The maximum absolute atomic E-state index is 13.3. The lowest BCUT2D eigenvalue weighted by molar-refractivity contribution is 0.0952. The van der Waals surface area contributed by atoms with E-state index in [-0.39, 0.29) is 29.1 Å². The van der Waals surface area contributed by atoms with Crippen molar-refractivity contribution in [3.63, 3.8) is 0 Å². The highest BCUT2D eigenvalue weighted by Crippen LogP contribution is 2.40. The molecule has 0 saturated heterocycles. The fourth-order valence-corrected chi connectivity index (χ4v) is 4.01. The minimum absolute atomic E-state index is 0.111. The highest BCUT2D eigenvalue weighted by molar-refractivity contribution is 6.05. The van der Waals surface area contributed by atoms with Crippen molar-refractivity contribution < 1.29 is 19.0 Å². The molecule has 180 valence electrons. The van der Waals surface area contributed by atoms with E-state index in [1.807, 2.05) is 6.92 Å². The smallest absolute Gasteiger partial charge is 0.329 e. The van der Waals surface area contributed by atoms with Gasteiger partial charge in [0.2, 0.25) is 5.75 Å². The molecule has 2 aromatic heterocycles. The summed E-state index contributed by atoms with van der Waals surface area (Å²) < 4.78 is 17.5. The second-order valence-electron chi connectivity index (χ2n) is 8.19. The van der Waals surface area contributed by atoms with Gasteiger partial charge in [-0.2, -0.15) is 0 Å². The fourth-order valence-electron chi connectivity index (χ4n) is 4.01. The molecule has 1 aromatic carbocycles. The van der Waals surface area contributed by atoms with E-state index in [2.05, 4.69) is 15.3 Å². The second kappa shape index (κ2) is 9.58. The van der Waals surface area contributed by atoms with E-state index in [1.165, 1.54) is 25.9 Å². The lowest BCUT2D eigenvalue weighted by atomic mass is 10.1. The number of hydrogen-bond donors (Lipinski definition) is 2. The van der Waals surface area contributed by atoms with Crippen molar-refractivity contribution in [1.82, 2.24) is 19.9 Å². The number of benzene rings is 1. The van der Waals surface area contributed by atoms with Crippen molar-refractivity contribution in [3.05, 3.63) is 55.9 Å². The number of carbonyl (C=O) groups excluding carboxylic acids is 1. The summed E-state index contributed by atoms with van der Waals surface area (Å²) >= 11 is 0. The summed E-state index contributed by atoms with van der Waals surface area (Å²) in [7, 11) is 4.55. The molecular formula is C24H28N4O6. The van der Waals surface area contributed by atoms with E-state index in [1.54, 1.807) is 18.2 Å². The van der Waals surface area contributed by atoms with Gasteiger partial charge < -0.3 is 19.5 Å². The molecule has 1 amide bonds. The number of amides is 1. The number of rotatable bonds is 9. The van der Waals surface area contributed by atoms with Crippen LogP contribution in [0.2, 0.25) is 0 Å². The first-order valence-electron chi connectivity index (χ1n) is 11.2. The molecule has 3 aromatic rings. The molecule has 0 unspecified atom stereocenters. The van der Waals surface area contributed by atoms with Gasteiger partial charge in [0.05, 0.1) is 32.3 Å². The van der Waals surface area contributed by atoms with Crippen molar-refractivity contribution in [2.75, 3.05) is 21.3 Å². The topological polar surface area (TPSA) is 125 Å². The second-order valence-corrected chi connectivity index (χ2v) is 8.19. The Morgan fingerprint density at radius 1 is 1.12 bits per heavy atom. The van der Waals surface area contributed by atoms with Crippen LogP contribution < -0.4 is 30.8 Å². The number of nitrogens with zero attached hydrogens (tertiary/aromatic N) is 2. The predicted octanol–water partition coefficient (Wildman–Crippen LogP) is 2.33. The van der Waals surface area contributed by atoms with Gasteiger partial charge >= 0.3 is 5.69 Å². The Labute approximate surface area is 195 Å². The molecule has 0 radical (unpaired) electrons. The van der Waals surface area contributed by atoms with Crippen LogP contribution in [-0.4, -0.2) is 41.8 Å².